The van der Waals surface area contributed by atoms with E-state index in [9.17, 15) is 4.79 Å². The van der Waals surface area contributed by atoms with E-state index in [1.807, 2.05) is 17.0 Å². The van der Waals surface area contributed by atoms with Crippen molar-refractivity contribution < 1.29 is 9.53 Å². The molecular weight excluding hydrogens is 335 g/mol. The van der Waals surface area contributed by atoms with Crippen LogP contribution in [-0.2, 0) is 9.53 Å². The summed E-state index contributed by atoms with van der Waals surface area (Å²) in [5.74, 6) is 0.347. The van der Waals surface area contributed by atoms with E-state index in [0.29, 0.717) is 29.7 Å². The molecule has 1 aromatic carbocycles. The highest BCUT2D eigenvalue weighted by Crippen LogP contribution is 2.29. The minimum atomic E-state index is -0.129. The Kier molecular flexibility index (Phi) is 5.74. The maximum atomic E-state index is 12.3. The highest BCUT2D eigenvalue weighted by molar-refractivity contribution is 6.42. The quantitative estimate of drug-likeness (QED) is 0.890. The Balaban J connectivity index is 0.00000161. The number of nitrogens with one attached hydrogen (secondary N) is 1. The van der Waals surface area contributed by atoms with Gasteiger partial charge in [0.1, 0.15) is 6.10 Å². The summed E-state index contributed by atoms with van der Waals surface area (Å²) in [5, 5.41) is 4.17. The van der Waals surface area contributed by atoms with Gasteiger partial charge in [0.2, 0.25) is 5.91 Å². The fraction of sp³-hybridized carbons (Fsp3) is 0.500. The highest BCUT2D eigenvalue weighted by atomic mass is 35.5. The molecule has 2 aliphatic heterocycles. The summed E-state index contributed by atoms with van der Waals surface area (Å²) >= 11 is 12.0. The zero-order valence-electron chi connectivity index (χ0n) is 11.4. The van der Waals surface area contributed by atoms with E-state index in [2.05, 4.69) is 5.32 Å². The second kappa shape index (κ2) is 7.16. The predicted molar refractivity (Wildman–Crippen MR) is 85.3 cm³/mol. The molecule has 2 saturated heterocycles. The molecule has 0 radical (unpaired) electrons. The van der Waals surface area contributed by atoms with E-state index in [1.54, 1.807) is 6.07 Å². The molecule has 0 aromatic heterocycles. The lowest BCUT2D eigenvalue weighted by atomic mass is 10.0. The number of morpholine rings is 1. The topological polar surface area (TPSA) is 41.6 Å². The summed E-state index contributed by atoms with van der Waals surface area (Å²) in [6, 6.07) is 5.48. The fourth-order valence-electron chi connectivity index (χ4n) is 2.49. The van der Waals surface area contributed by atoms with Crippen LogP contribution in [-0.4, -0.2) is 43.6 Å². The first-order valence-electron chi connectivity index (χ1n) is 6.71. The van der Waals surface area contributed by atoms with Crippen molar-refractivity contribution in [3.05, 3.63) is 33.8 Å². The van der Waals surface area contributed by atoms with Gasteiger partial charge in [0.05, 0.1) is 29.1 Å². The van der Waals surface area contributed by atoms with E-state index < -0.39 is 0 Å². The van der Waals surface area contributed by atoms with Crippen molar-refractivity contribution in [2.45, 2.75) is 6.10 Å². The van der Waals surface area contributed by atoms with Gasteiger partial charge in [-0.15, -0.1) is 12.4 Å². The third-order valence-corrected chi connectivity index (χ3v) is 4.56. The Morgan fingerprint density at radius 1 is 1.29 bits per heavy atom. The standard InChI is InChI=1S/C14H16Cl2N2O2.ClH/c15-11-2-1-9(5-12(11)16)13-8-18(3-4-20-13)14(19)10-6-17-7-10;/h1-2,5,10,13,17H,3-4,6-8H2;1H. The van der Waals surface area contributed by atoms with E-state index in [0.717, 1.165) is 18.7 Å². The van der Waals surface area contributed by atoms with Crippen LogP contribution in [0.4, 0.5) is 0 Å². The molecule has 2 aliphatic rings. The van der Waals surface area contributed by atoms with Crippen LogP contribution in [0.25, 0.3) is 0 Å². The third kappa shape index (κ3) is 3.63. The average molecular weight is 352 g/mol. The van der Waals surface area contributed by atoms with Crippen LogP contribution in [0.1, 0.15) is 11.7 Å². The van der Waals surface area contributed by atoms with Crippen molar-refractivity contribution in [1.29, 1.82) is 0 Å². The van der Waals surface area contributed by atoms with Crippen LogP contribution in [0.2, 0.25) is 10.0 Å². The molecule has 116 valence electrons. The number of halogens is 3. The van der Waals surface area contributed by atoms with Crippen LogP contribution in [0.3, 0.4) is 0 Å². The molecule has 2 fully saturated rings. The maximum Gasteiger partial charge on any atom is 0.228 e. The molecule has 4 nitrogen and oxygen atoms in total. The van der Waals surface area contributed by atoms with Crippen molar-refractivity contribution in [2.24, 2.45) is 5.92 Å². The summed E-state index contributed by atoms with van der Waals surface area (Å²) in [7, 11) is 0. The van der Waals surface area contributed by atoms with Crippen LogP contribution >= 0.6 is 35.6 Å². The molecule has 1 N–H and O–H groups in total. The van der Waals surface area contributed by atoms with Gasteiger partial charge < -0.3 is 15.0 Å². The number of amides is 1. The number of ether oxygens (including phenoxy) is 1. The Morgan fingerprint density at radius 2 is 2.05 bits per heavy atom. The summed E-state index contributed by atoms with van der Waals surface area (Å²) in [6.07, 6.45) is -0.129. The van der Waals surface area contributed by atoms with Crippen molar-refractivity contribution in [3.63, 3.8) is 0 Å². The number of hydrogen-bond acceptors (Lipinski definition) is 3. The zero-order chi connectivity index (χ0) is 14.1. The van der Waals surface area contributed by atoms with E-state index in [4.69, 9.17) is 27.9 Å². The summed E-state index contributed by atoms with van der Waals surface area (Å²) < 4.78 is 5.76. The van der Waals surface area contributed by atoms with Gasteiger partial charge >= 0.3 is 0 Å². The second-order valence-corrected chi connectivity index (χ2v) is 5.99. The molecule has 2 heterocycles. The van der Waals surface area contributed by atoms with E-state index in [1.165, 1.54) is 0 Å². The van der Waals surface area contributed by atoms with Crippen LogP contribution in [0.5, 0.6) is 0 Å². The normalized spacial score (nSPS) is 22.4. The lowest BCUT2D eigenvalue weighted by Gasteiger charge is -2.37. The number of rotatable bonds is 2. The lowest BCUT2D eigenvalue weighted by molar-refractivity contribution is -0.144. The summed E-state index contributed by atoms with van der Waals surface area (Å²) in [4.78, 5) is 14.2. The average Bonchev–Trinajstić information content (AvgIpc) is 2.40. The SMILES string of the molecule is Cl.O=C(C1CNC1)N1CCOC(c2ccc(Cl)c(Cl)c2)C1. The Hall–Kier alpha value is -0.520. The number of carbonyl (C=O) groups excluding carboxylic acids is 1. The monoisotopic (exact) mass is 350 g/mol. The Bertz CT molecular complexity index is 523. The largest absolute Gasteiger partial charge is 0.370 e. The molecule has 21 heavy (non-hydrogen) atoms. The third-order valence-electron chi connectivity index (χ3n) is 3.82. The molecule has 1 amide bonds. The molecule has 1 atom stereocenters. The minimum absolute atomic E-state index is 0. The van der Waals surface area contributed by atoms with Crippen LogP contribution in [0, 0.1) is 5.92 Å². The smallest absolute Gasteiger partial charge is 0.228 e. The van der Waals surface area contributed by atoms with Gasteiger partial charge in [0.25, 0.3) is 0 Å². The van der Waals surface area contributed by atoms with Gasteiger partial charge in [-0.3, -0.25) is 4.79 Å². The summed E-state index contributed by atoms with van der Waals surface area (Å²) in [6.45, 7) is 3.36. The van der Waals surface area contributed by atoms with E-state index >= 15 is 0 Å². The predicted octanol–water partition coefficient (Wildman–Crippen LogP) is 2.53. The molecule has 0 spiro atoms. The lowest BCUT2D eigenvalue weighted by Crippen LogP contribution is -2.54. The van der Waals surface area contributed by atoms with Crippen molar-refractivity contribution >= 4 is 41.5 Å². The van der Waals surface area contributed by atoms with Gasteiger partial charge in [-0.2, -0.15) is 0 Å². The number of carbonyl (C=O) groups is 1. The molecular formula is C14H17Cl3N2O2. The van der Waals surface area contributed by atoms with Gasteiger partial charge in [-0.25, -0.2) is 0 Å². The van der Waals surface area contributed by atoms with Gasteiger partial charge in [-0.1, -0.05) is 29.3 Å². The minimum Gasteiger partial charge on any atom is -0.370 e. The van der Waals surface area contributed by atoms with Gasteiger partial charge in [-0.05, 0) is 17.7 Å². The number of hydrogen-bond donors (Lipinski definition) is 1. The molecule has 0 aliphatic carbocycles. The number of nitrogens with zero attached hydrogens (tertiary/aromatic N) is 1. The highest BCUT2D eigenvalue weighted by Gasteiger charge is 2.32. The molecule has 0 bridgehead atoms. The van der Waals surface area contributed by atoms with E-state index in [-0.39, 0.29) is 30.3 Å². The Morgan fingerprint density at radius 3 is 2.67 bits per heavy atom. The van der Waals surface area contributed by atoms with Crippen LogP contribution < -0.4 is 5.32 Å². The molecule has 7 heteroatoms. The molecule has 0 saturated carbocycles. The molecule has 1 aromatic rings. The van der Waals surface area contributed by atoms with Gasteiger partial charge in [0, 0.05) is 19.6 Å². The maximum absolute atomic E-state index is 12.3. The first-order chi connectivity index (χ1) is 9.65. The van der Waals surface area contributed by atoms with Gasteiger partial charge in [0.15, 0.2) is 0 Å². The fourth-order valence-corrected chi connectivity index (χ4v) is 2.79. The molecule has 3 rings (SSSR count). The van der Waals surface area contributed by atoms with Crippen molar-refractivity contribution in [3.8, 4) is 0 Å². The number of benzene rings is 1. The zero-order valence-corrected chi connectivity index (χ0v) is 13.7. The molecule has 1 unspecified atom stereocenters. The Labute approximate surface area is 140 Å². The van der Waals surface area contributed by atoms with Crippen molar-refractivity contribution in [2.75, 3.05) is 32.8 Å². The van der Waals surface area contributed by atoms with Crippen LogP contribution in [0.15, 0.2) is 18.2 Å². The first-order valence-corrected chi connectivity index (χ1v) is 7.47. The van der Waals surface area contributed by atoms with Crippen molar-refractivity contribution in [1.82, 2.24) is 10.2 Å². The second-order valence-electron chi connectivity index (χ2n) is 5.17. The summed E-state index contributed by atoms with van der Waals surface area (Å²) in [5.41, 5.74) is 0.962. The first kappa shape index (κ1) is 16.8.